The van der Waals surface area contributed by atoms with Gasteiger partial charge in [0.25, 0.3) is 5.91 Å². The van der Waals surface area contributed by atoms with Crippen LogP contribution in [0.5, 0.6) is 0 Å². The number of nitrogens with one attached hydrogen (secondary N) is 2. The number of hydrogen-bond acceptors (Lipinski definition) is 2. The lowest BCUT2D eigenvalue weighted by Crippen LogP contribution is -2.36. The molecular weight excluding hydrogens is 350 g/mol. The highest BCUT2D eigenvalue weighted by Crippen LogP contribution is 2.31. The maximum Gasteiger partial charge on any atom is 0.272 e. The molecule has 0 fully saturated rings. The van der Waals surface area contributed by atoms with Crippen molar-refractivity contribution in [2.45, 2.75) is 19.9 Å². The quantitative estimate of drug-likeness (QED) is 0.719. The van der Waals surface area contributed by atoms with Crippen LogP contribution in [0, 0.1) is 0 Å². The van der Waals surface area contributed by atoms with Gasteiger partial charge < -0.3 is 15.2 Å². The number of aromatic amines is 1. The third-order valence-corrected chi connectivity index (χ3v) is 5.11. The lowest BCUT2D eigenvalue weighted by Gasteiger charge is -2.30. The van der Waals surface area contributed by atoms with Crippen LogP contribution in [0.4, 0.5) is 5.69 Å². The Morgan fingerprint density at radius 1 is 1.15 bits per heavy atom. The van der Waals surface area contributed by atoms with E-state index in [9.17, 15) is 9.59 Å². The third-order valence-electron chi connectivity index (χ3n) is 4.72. The van der Waals surface area contributed by atoms with E-state index < -0.39 is 0 Å². The molecular formula is C20H18ClN3O2. The maximum absolute atomic E-state index is 13.0. The Kier molecular flexibility index (Phi) is 4.17. The molecule has 2 heterocycles. The molecule has 2 aromatic carbocycles. The van der Waals surface area contributed by atoms with E-state index in [4.69, 9.17) is 11.6 Å². The number of benzene rings is 2. The summed E-state index contributed by atoms with van der Waals surface area (Å²) < 4.78 is 0. The molecule has 1 aliphatic heterocycles. The molecule has 0 aliphatic carbocycles. The van der Waals surface area contributed by atoms with Crippen LogP contribution in [0.15, 0.2) is 42.5 Å². The van der Waals surface area contributed by atoms with Gasteiger partial charge in [-0.2, -0.15) is 0 Å². The molecule has 0 bridgehead atoms. The molecule has 6 heteroatoms. The zero-order chi connectivity index (χ0) is 18.3. The first-order valence-electron chi connectivity index (χ1n) is 8.48. The zero-order valence-corrected chi connectivity index (χ0v) is 15.1. The van der Waals surface area contributed by atoms with Crippen LogP contribution in [-0.4, -0.2) is 28.2 Å². The van der Waals surface area contributed by atoms with E-state index in [2.05, 4.69) is 10.3 Å². The number of aromatic nitrogens is 1. The smallest absolute Gasteiger partial charge is 0.272 e. The van der Waals surface area contributed by atoms with E-state index in [1.165, 1.54) is 6.92 Å². The van der Waals surface area contributed by atoms with Gasteiger partial charge in [0.1, 0.15) is 5.69 Å². The standard InChI is InChI=1S/C20H18ClN3O2/c1-12(25)22-16-8-4-5-13-11-24(10-9-14(13)16)20(26)19-18(21)15-6-2-3-7-17(15)23-19/h2-8,23H,9-11H2,1H3,(H,22,25). The monoisotopic (exact) mass is 367 g/mol. The van der Waals surface area contributed by atoms with Crippen molar-refractivity contribution in [2.75, 3.05) is 11.9 Å². The number of halogens is 1. The molecule has 2 N–H and O–H groups in total. The van der Waals surface area contributed by atoms with Crippen LogP contribution in [0.25, 0.3) is 10.9 Å². The maximum atomic E-state index is 13.0. The summed E-state index contributed by atoms with van der Waals surface area (Å²) in [7, 11) is 0. The molecule has 0 saturated carbocycles. The molecule has 5 nitrogen and oxygen atoms in total. The number of rotatable bonds is 2. The lowest BCUT2D eigenvalue weighted by molar-refractivity contribution is -0.114. The number of amides is 2. The average Bonchev–Trinajstić information content (AvgIpc) is 2.97. The topological polar surface area (TPSA) is 65.2 Å². The van der Waals surface area contributed by atoms with Gasteiger partial charge in [0.2, 0.25) is 5.91 Å². The zero-order valence-electron chi connectivity index (χ0n) is 14.3. The largest absolute Gasteiger partial charge is 0.349 e. The van der Waals surface area contributed by atoms with Gasteiger partial charge in [-0.05, 0) is 29.7 Å². The number of carbonyl (C=O) groups excluding carboxylic acids is 2. The Labute approximate surface area is 155 Å². The molecule has 1 aliphatic rings. The van der Waals surface area contributed by atoms with Crippen molar-refractivity contribution >= 4 is 40.0 Å². The molecule has 3 aromatic rings. The van der Waals surface area contributed by atoms with Crippen molar-refractivity contribution in [1.29, 1.82) is 0 Å². The van der Waals surface area contributed by atoms with Crippen LogP contribution < -0.4 is 5.32 Å². The highest BCUT2D eigenvalue weighted by atomic mass is 35.5. The van der Waals surface area contributed by atoms with Crippen LogP contribution in [0.1, 0.15) is 28.5 Å². The fourth-order valence-electron chi connectivity index (χ4n) is 3.50. The summed E-state index contributed by atoms with van der Waals surface area (Å²) in [5.41, 5.74) is 4.24. The first-order chi connectivity index (χ1) is 12.5. The number of nitrogens with zero attached hydrogens (tertiary/aromatic N) is 1. The summed E-state index contributed by atoms with van der Waals surface area (Å²) in [4.78, 5) is 29.3. The van der Waals surface area contributed by atoms with E-state index in [1.807, 2.05) is 42.5 Å². The molecule has 0 spiro atoms. The Balaban J connectivity index is 1.63. The van der Waals surface area contributed by atoms with Crippen molar-refractivity contribution in [3.63, 3.8) is 0 Å². The van der Waals surface area contributed by atoms with Gasteiger partial charge in [0.15, 0.2) is 0 Å². The lowest BCUT2D eigenvalue weighted by atomic mass is 9.97. The normalized spacial score (nSPS) is 13.5. The van der Waals surface area contributed by atoms with Crippen molar-refractivity contribution < 1.29 is 9.59 Å². The molecule has 2 amide bonds. The Bertz CT molecular complexity index is 1030. The van der Waals surface area contributed by atoms with Crippen LogP contribution in [0.2, 0.25) is 5.02 Å². The number of fused-ring (bicyclic) bond motifs is 2. The molecule has 26 heavy (non-hydrogen) atoms. The molecule has 0 radical (unpaired) electrons. The van der Waals surface area contributed by atoms with Gasteiger partial charge in [0, 0.05) is 36.6 Å². The Morgan fingerprint density at radius 2 is 1.96 bits per heavy atom. The summed E-state index contributed by atoms with van der Waals surface area (Å²) in [5, 5.41) is 4.18. The minimum Gasteiger partial charge on any atom is -0.349 e. The second kappa shape index (κ2) is 6.50. The summed E-state index contributed by atoms with van der Waals surface area (Å²) in [5.74, 6) is -0.205. The Hall–Kier alpha value is -2.79. The average molecular weight is 368 g/mol. The SMILES string of the molecule is CC(=O)Nc1cccc2c1CCN(C(=O)c1[nH]c3ccccc3c1Cl)C2. The first kappa shape index (κ1) is 16.7. The van der Waals surface area contributed by atoms with Crippen molar-refractivity contribution in [1.82, 2.24) is 9.88 Å². The third kappa shape index (κ3) is 2.84. The summed E-state index contributed by atoms with van der Waals surface area (Å²) >= 11 is 6.43. The fourth-order valence-corrected chi connectivity index (χ4v) is 3.80. The van der Waals surface area contributed by atoms with Crippen molar-refractivity contribution in [2.24, 2.45) is 0 Å². The predicted molar refractivity (Wildman–Crippen MR) is 102 cm³/mol. The summed E-state index contributed by atoms with van der Waals surface area (Å²) in [6.07, 6.45) is 0.690. The number of hydrogen-bond donors (Lipinski definition) is 2. The minimum absolute atomic E-state index is 0.0956. The van der Waals surface area contributed by atoms with Gasteiger partial charge in [-0.1, -0.05) is 41.9 Å². The van der Waals surface area contributed by atoms with Crippen LogP contribution >= 0.6 is 11.6 Å². The molecule has 1 aromatic heterocycles. The van der Waals surface area contributed by atoms with Gasteiger partial charge in [-0.3, -0.25) is 9.59 Å². The number of H-pyrrole nitrogens is 1. The van der Waals surface area contributed by atoms with Gasteiger partial charge in [0.05, 0.1) is 5.02 Å². The molecule has 0 atom stereocenters. The number of para-hydroxylation sites is 1. The summed E-state index contributed by atoms with van der Waals surface area (Å²) in [6.45, 7) is 2.57. The van der Waals surface area contributed by atoms with E-state index in [0.29, 0.717) is 30.2 Å². The van der Waals surface area contributed by atoms with Gasteiger partial charge >= 0.3 is 0 Å². The summed E-state index contributed by atoms with van der Waals surface area (Å²) in [6, 6.07) is 13.4. The molecule has 4 rings (SSSR count). The molecule has 0 unspecified atom stereocenters. The van der Waals surface area contributed by atoms with Crippen LogP contribution in [-0.2, 0) is 17.8 Å². The van der Waals surface area contributed by atoms with Crippen molar-refractivity contribution in [3.05, 3.63) is 64.3 Å². The first-order valence-corrected chi connectivity index (χ1v) is 8.86. The minimum atomic E-state index is -0.109. The van der Waals surface area contributed by atoms with E-state index in [0.717, 1.165) is 27.7 Å². The number of carbonyl (C=O) groups is 2. The highest BCUT2D eigenvalue weighted by Gasteiger charge is 2.26. The predicted octanol–water partition coefficient (Wildman–Crippen LogP) is 3.98. The number of anilines is 1. The van der Waals surface area contributed by atoms with Gasteiger partial charge in [-0.15, -0.1) is 0 Å². The van der Waals surface area contributed by atoms with E-state index >= 15 is 0 Å². The molecule has 132 valence electrons. The second-order valence-corrected chi connectivity index (χ2v) is 6.84. The Morgan fingerprint density at radius 3 is 2.73 bits per heavy atom. The van der Waals surface area contributed by atoms with Crippen molar-refractivity contribution in [3.8, 4) is 0 Å². The van der Waals surface area contributed by atoms with Gasteiger partial charge in [-0.25, -0.2) is 0 Å². The molecule has 0 saturated heterocycles. The van der Waals surface area contributed by atoms with E-state index in [-0.39, 0.29) is 11.8 Å². The van der Waals surface area contributed by atoms with Crippen LogP contribution in [0.3, 0.4) is 0 Å². The second-order valence-electron chi connectivity index (χ2n) is 6.46. The highest BCUT2D eigenvalue weighted by molar-refractivity contribution is 6.38. The van der Waals surface area contributed by atoms with E-state index in [1.54, 1.807) is 4.90 Å². The fraction of sp³-hybridized carbons (Fsp3) is 0.200.